The van der Waals surface area contributed by atoms with Crippen molar-refractivity contribution in [3.05, 3.63) is 59.9 Å². The second kappa shape index (κ2) is 10.2. The van der Waals surface area contributed by atoms with Crippen molar-refractivity contribution in [2.24, 2.45) is 0 Å². The van der Waals surface area contributed by atoms with Gasteiger partial charge >= 0.3 is 0 Å². The fourth-order valence-corrected chi connectivity index (χ4v) is 3.44. The first-order chi connectivity index (χ1) is 13.7. The molecule has 2 aromatic rings. The Bertz CT molecular complexity index is 728. The van der Waals surface area contributed by atoms with E-state index in [9.17, 15) is 4.79 Å². The van der Waals surface area contributed by atoms with Gasteiger partial charge in [0.2, 0.25) is 0 Å². The molecular formula is C22H29N3O3. The van der Waals surface area contributed by atoms with Crippen LogP contribution in [-0.4, -0.2) is 54.7 Å². The van der Waals surface area contributed by atoms with Crippen molar-refractivity contribution in [2.45, 2.75) is 38.5 Å². The van der Waals surface area contributed by atoms with Crippen LogP contribution in [0.2, 0.25) is 0 Å². The van der Waals surface area contributed by atoms with Gasteiger partial charge in [-0.25, -0.2) is 0 Å². The first kappa shape index (κ1) is 20.3. The number of methoxy groups -OCH3 is 1. The Morgan fingerprint density at radius 2 is 1.86 bits per heavy atom. The highest BCUT2D eigenvalue weighted by Gasteiger charge is 2.23. The Hall–Kier alpha value is -2.44. The SMILES string of the molecule is COC[C@@H](C)N1CCC(Oc2ccc(C(=O)NCc3ccncc3)cc2)CC1. The summed E-state index contributed by atoms with van der Waals surface area (Å²) in [5, 5.41) is 2.92. The number of nitrogens with zero attached hydrogens (tertiary/aromatic N) is 2. The van der Waals surface area contributed by atoms with Gasteiger partial charge in [0.15, 0.2) is 0 Å². The number of carbonyl (C=O) groups excluding carboxylic acids is 1. The van der Waals surface area contributed by atoms with E-state index in [1.807, 2.05) is 36.4 Å². The van der Waals surface area contributed by atoms with E-state index in [1.54, 1.807) is 19.5 Å². The fourth-order valence-electron chi connectivity index (χ4n) is 3.44. The van der Waals surface area contributed by atoms with Crippen LogP contribution in [0.25, 0.3) is 0 Å². The Labute approximate surface area is 166 Å². The summed E-state index contributed by atoms with van der Waals surface area (Å²) in [6, 6.07) is 11.6. The topological polar surface area (TPSA) is 63.7 Å². The molecule has 1 saturated heterocycles. The Balaban J connectivity index is 1.45. The van der Waals surface area contributed by atoms with Crippen molar-refractivity contribution < 1.29 is 14.3 Å². The second-order valence-corrected chi connectivity index (χ2v) is 7.22. The van der Waals surface area contributed by atoms with Crippen molar-refractivity contribution in [1.29, 1.82) is 0 Å². The molecule has 1 aliphatic rings. The minimum absolute atomic E-state index is 0.0937. The van der Waals surface area contributed by atoms with Gasteiger partial charge in [0.25, 0.3) is 5.91 Å². The number of ether oxygens (including phenoxy) is 2. The maximum Gasteiger partial charge on any atom is 0.251 e. The van der Waals surface area contributed by atoms with Gasteiger partial charge in [0.1, 0.15) is 11.9 Å². The minimum Gasteiger partial charge on any atom is -0.490 e. The summed E-state index contributed by atoms with van der Waals surface area (Å²) in [6.45, 7) is 5.48. The number of hydrogen-bond donors (Lipinski definition) is 1. The van der Waals surface area contributed by atoms with Gasteiger partial charge in [-0.1, -0.05) is 0 Å². The zero-order valence-electron chi connectivity index (χ0n) is 16.6. The van der Waals surface area contributed by atoms with Crippen molar-refractivity contribution in [3.63, 3.8) is 0 Å². The summed E-state index contributed by atoms with van der Waals surface area (Å²) in [5.41, 5.74) is 1.65. The molecule has 6 heteroatoms. The van der Waals surface area contributed by atoms with Crippen LogP contribution in [0.3, 0.4) is 0 Å². The molecule has 28 heavy (non-hydrogen) atoms. The third-order valence-corrected chi connectivity index (χ3v) is 5.13. The molecule has 0 unspecified atom stereocenters. The lowest BCUT2D eigenvalue weighted by Crippen LogP contribution is -2.44. The maximum atomic E-state index is 12.3. The number of piperidine rings is 1. The van der Waals surface area contributed by atoms with E-state index >= 15 is 0 Å². The lowest BCUT2D eigenvalue weighted by molar-refractivity contribution is 0.0475. The summed E-state index contributed by atoms with van der Waals surface area (Å²) in [7, 11) is 1.75. The predicted octanol–water partition coefficient (Wildman–Crippen LogP) is 2.89. The zero-order chi connectivity index (χ0) is 19.8. The highest BCUT2D eigenvalue weighted by atomic mass is 16.5. The van der Waals surface area contributed by atoms with Crippen LogP contribution in [0.1, 0.15) is 35.7 Å². The van der Waals surface area contributed by atoms with E-state index in [2.05, 4.69) is 22.1 Å². The van der Waals surface area contributed by atoms with E-state index in [0.717, 1.165) is 43.9 Å². The van der Waals surface area contributed by atoms with E-state index in [0.29, 0.717) is 18.2 Å². The van der Waals surface area contributed by atoms with E-state index < -0.39 is 0 Å². The number of aromatic nitrogens is 1. The summed E-state index contributed by atoms with van der Waals surface area (Å²) < 4.78 is 11.4. The van der Waals surface area contributed by atoms with Crippen molar-refractivity contribution in [2.75, 3.05) is 26.8 Å². The number of hydrogen-bond acceptors (Lipinski definition) is 5. The molecule has 6 nitrogen and oxygen atoms in total. The van der Waals surface area contributed by atoms with E-state index in [-0.39, 0.29) is 12.0 Å². The first-order valence-corrected chi connectivity index (χ1v) is 9.82. The molecular weight excluding hydrogens is 354 g/mol. The molecule has 150 valence electrons. The smallest absolute Gasteiger partial charge is 0.251 e. The standard InChI is InChI=1S/C22H29N3O3/c1-17(16-27-2)25-13-9-21(10-14-25)28-20-5-3-19(4-6-20)22(26)24-15-18-7-11-23-12-8-18/h3-8,11-12,17,21H,9-10,13-16H2,1-2H3,(H,24,26)/t17-/m1/s1. The van der Waals surface area contributed by atoms with Gasteiger partial charge in [-0.2, -0.15) is 0 Å². The average molecular weight is 383 g/mol. The molecule has 0 spiro atoms. The number of rotatable bonds is 8. The zero-order valence-corrected chi connectivity index (χ0v) is 16.6. The molecule has 0 radical (unpaired) electrons. The highest BCUT2D eigenvalue weighted by molar-refractivity contribution is 5.94. The summed E-state index contributed by atoms with van der Waals surface area (Å²) in [4.78, 5) is 18.7. The third kappa shape index (κ3) is 5.78. The highest BCUT2D eigenvalue weighted by Crippen LogP contribution is 2.21. The lowest BCUT2D eigenvalue weighted by Gasteiger charge is -2.35. The molecule has 2 heterocycles. The van der Waals surface area contributed by atoms with Gasteiger partial charge in [-0.3, -0.25) is 14.7 Å². The molecule has 1 amide bonds. The van der Waals surface area contributed by atoms with Crippen molar-refractivity contribution in [1.82, 2.24) is 15.2 Å². The minimum atomic E-state index is -0.0937. The summed E-state index contributed by atoms with van der Waals surface area (Å²) in [6.07, 6.45) is 5.66. The number of amides is 1. The number of nitrogens with one attached hydrogen (secondary N) is 1. The lowest BCUT2D eigenvalue weighted by atomic mass is 10.1. The van der Waals surface area contributed by atoms with Crippen LogP contribution < -0.4 is 10.1 Å². The monoisotopic (exact) mass is 383 g/mol. The molecule has 1 aromatic carbocycles. The van der Waals surface area contributed by atoms with Crippen molar-refractivity contribution in [3.8, 4) is 5.75 Å². The fraction of sp³-hybridized carbons (Fsp3) is 0.455. The van der Waals surface area contributed by atoms with Crippen LogP contribution in [0.5, 0.6) is 5.75 Å². The number of likely N-dealkylation sites (tertiary alicyclic amines) is 1. The quantitative estimate of drug-likeness (QED) is 0.759. The summed E-state index contributed by atoms with van der Waals surface area (Å²) in [5.74, 6) is 0.720. The normalized spacial score (nSPS) is 16.5. The maximum absolute atomic E-state index is 12.3. The molecule has 0 aliphatic carbocycles. The molecule has 0 bridgehead atoms. The van der Waals surface area contributed by atoms with Gasteiger partial charge in [-0.15, -0.1) is 0 Å². The van der Waals surface area contributed by atoms with Gasteiger partial charge < -0.3 is 14.8 Å². The summed E-state index contributed by atoms with van der Waals surface area (Å²) >= 11 is 0. The molecule has 3 rings (SSSR count). The van der Waals surface area contributed by atoms with Crippen LogP contribution >= 0.6 is 0 Å². The first-order valence-electron chi connectivity index (χ1n) is 9.82. The van der Waals surface area contributed by atoms with Gasteiger partial charge in [0.05, 0.1) is 6.61 Å². The van der Waals surface area contributed by atoms with E-state index in [4.69, 9.17) is 9.47 Å². The van der Waals surface area contributed by atoms with Crippen LogP contribution in [0.15, 0.2) is 48.8 Å². The van der Waals surface area contributed by atoms with Crippen molar-refractivity contribution >= 4 is 5.91 Å². The van der Waals surface area contributed by atoms with Gasteiger partial charge in [-0.05, 0) is 61.7 Å². The molecule has 1 aliphatic heterocycles. The molecule has 1 fully saturated rings. The number of carbonyl (C=O) groups is 1. The molecule has 1 atom stereocenters. The Morgan fingerprint density at radius 1 is 1.18 bits per heavy atom. The van der Waals surface area contributed by atoms with Crippen LogP contribution in [-0.2, 0) is 11.3 Å². The second-order valence-electron chi connectivity index (χ2n) is 7.22. The predicted molar refractivity (Wildman–Crippen MR) is 108 cm³/mol. The van der Waals surface area contributed by atoms with Crippen LogP contribution in [0, 0.1) is 0 Å². The van der Waals surface area contributed by atoms with Gasteiger partial charge in [0, 0.05) is 50.7 Å². The van der Waals surface area contributed by atoms with E-state index in [1.165, 1.54) is 0 Å². The average Bonchev–Trinajstić information content (AvgIpc) is 2.74. The molecule has 0 saturated carbocycles. The Morgan fingerprint density at radius 3 is 2.50 bits per heavy atom. The third-order valence-electron chi connectivity index (χ3n) is 5.13. The molecule has 1 N–H and O–H groups in total. The largest absolute Gasteiger partial charge is 0.490 e. The van der Waals surface area contributed by atoms with Crippen LogP contribution in [0.4, 0.5) is 0 Å². The number of benzene rings is 1. The molecule has 1 aromatic heterocycles. The number of pyridine rings is 1. The Kier molecular flexibility index (Phi) is 7.39.